The van der Waals surface area contributed by atoms with Gasteiger partial charge in [0.2, 0.25) is 11.8 Å². The van der Waals surface area contributed by atoms with Crippen LogP contribution in [0.1, 0.15) is 31.9 Å². The number of rotatable bonds is 10. The Bertz CT molecular complexity index is 1380. The van der Waals surface area contributed by atoms with Crippen LogP contribution in [0.3, 0.4) is 0 Å². The Balaban J connectivity index is 2.03. The molecule has 7 nitrogen and oxygen atoms in total. The minimum Gasteiger partial charge on any atom is -0.352 e. The molecule has 0 saturated carbocycles. The Labute approximate surface area is 228 Å². The van der Waals surface area contributed by atoms with Gasteiger partial charge in [-0.3, -0.25) is 13.9 Å². The summed E-state index contributed by atoms with van der Waals surface area (Å²) in [6.07, 6.45) is 0. The molecular formula is C28H31ClFN3O4S. The van der Waals surface area contributed by atoms with E-state index < -0.39 is 40.2 Å². The number of hydrogen-bond acceptors (Lipinski definition) is 4. The molecule has 1 atom stereocenters. The summed E-state index contributed by atoms with van der Waals surface area (Å²) in [6.45, 7) is 6.41. The van der Waals surface area contributed by atoms with Crippen molar-refractivity contribution in [1.82, 2.24) is 10.2 Å². The average Bonchev–Trinajstić information content (AvgIpc) is 2.86. The summed E-state index contributed by atoms with van der Waals surface area (Å²) in [5.74, 6) is -1.42. The van der Waals surface area contributed by atoms with Crippen LogP contribution in [-0.2, 0) is 26.2 Å². The van der Waals surface area contributed by atoms with Crippen molar-refractivity contribution in [3.63, 3.8) is 0 Å². The number of nitrogens with one attached hydrogen (secondary N) is 1. The van der Waals surface area contributed by atoms with Gasteiger partial charge in [0.25, 0.3) is 10.0 Å². The monoisotopic (exact) mass is 559 g/mol. The van der Waals surface area contributed by atoms with Gasteiger partial charge in [0.1, 0.15) is 18.4 Å². The van der Waals surface area contributed by atoms with E-state index in [0.717, 1.165) is 9.87 Å². The molecule has 1 N–H and O–H groups in total. The summed E-state index contributed by atoms with van der Waals surface area (Å²) in [7, 11) is -4.18. The highest BCUT2D eigenvalue weighted by atomic mass is 35.5. The number of amides is 2. The first-order valence-corrected chi connectivity index (χ1v) is 13.9. The number of anilines is 1. The van der Waals surface area contributed by atoms with Gasteiger partial charge in [-0.2, -0.15) is 0 Å². The lowest BCUT2D eigenvalue weighted by Gasteiger charge is -2.32. The van der Waals surface area contributed by atoms with E-state index in [1.165, 1.54) is 53.4 Å². The highest BCUT2D eigenvalue weighted by Gasteiger charge is 2.32. The molecular weight excluding hydrogens is 529 g/mol. The maximum atomic E-state index is 13.8. The first-order valence-electron chi connectivity index (χ1n) is 12.1. The first-order chi connectivity index (χ1) is 17.9. The van der Waals surface area contributed by atoms with Crippen molar-refractivity contribution in [3.05, 3.63) is 94.8 Å². The van der Waals surface area contributed by atoms with Gasteiger partial charge in [-0.1, -0.05) is 35.9 Å². The molecule has 3 aromatic carbocycles. The molecule has 0 saturated heterocycles. The Kier molecular flexibility index (Phi) is 9.51. The molecule has 0 radical (unpaired) electrons. The van der Waals surface area contributed by atoms with Crippen LogP contribution in [0.4, 0.5) is 10.1 Å². The molecule has 202 valence electrons. The third kappa shape index (κ3) is 7.33. The molecule has 0 unspecified atom stereocenters. The molecule has 0 fully saturated rings. The predicted octanol–water partition coefficient (Wildman–Crippen LogP) is 4.92. The quantitative estimate of drug-likeness (QED) is 0.382. The van der Waals surface area contributed by atoms with E-state index >= 15 is 0 Å². The minimum absolute atomic E-state index is 0.0194. The highest BCUT2D eigenvalue weighted by Crippen LogP contribution is 2.26. The average molecular weight is 560 g/mol. The number of aryl methyl sites for hydroxylation is 1. The van der Waals surface area contributed by atoms with Crippen LogP contribution in [0.15, 0.2) is 77.7 Å². The molecule has 2 amide bonds. The van der Waals surface area contributed by atoms with Crippen molar-refractivity contribution in [2.45, 2.75) is 51.2 Å². The molecule has 0 aliphatic heterocycles. The lowest BCUT2D eigenvalue weighted by atomic mass is 10.1. The molecule has 0 spiro atoms. The number of sulfonamides is 1. The molecule has 0 aliphatic rings. The third-order valence-corrected chi connectivity index (χ3v) is 7.87. The van der Waals surface area contributed by atoms with Crippen LogP contribution >= 0.6 is 11.6 Å². The second-order valence-corrected chi connectivity index (χ2v) is 11.6. The van der Waals surface area contributed by atoms with Crippen molar-refractivity contribution in [1.29, 1.82) is 0 Å². The van der Waals surface area contributed by atoms with E-state index in [1.54, 1.807) is 39.0 Å². The fraction of sp³-hybridized carbons (Fsp3) is 0.286. The lowest BCUT2D eigenvalue weighted by molar-refractivity contribution is -0.139. The smallest absolute Gasteiger partial charge is 0.264 e. The van der Waals surface area contributed by atoms with Crippen molar-refractivity contribution in [2.24, 2.45) is 0 Å². The van der Waals surface area contributed by atoms with Crippen LogP contribution < -0.4 is 9.62 Å². The topological polar surface area (TPSA) is 86.8 Å². The summed E-state index contributed by atoms with van der Waals surface area (Å²) < 4.78 is 42.0. The normalized spacial score (nSPS) is 12.2. The summed E-state index contributed by atoms with van der Waals surface area (Å²) in [5.41, 5.74) is 1.69. The van der Waals surface area contributed by atoms with Crippen molar-refractivity contribution < 1.29 is 22.4 Å². The van der Waals surface area contributed by atoms with Gasteiger partial charge in [-0.05, 0) is 87.4 Å². The van der Waals surface area contributed by atoms with Crippen LogP contribution in [-0.4, -0.2) is 43.8 Å². The number of hydrogen-bond donors (Lipinski definition) is 1. The maximum absolute atomic E-state index is 13.8. The number of carbonyl (C=O) groups excluding carboxylic acids is 2. The van der Waals surface area contributed by atoms with Gasteiger partial charge < -0.3 is 10.2 Å². The summed E-state index contributed by atoms with van der Waals surface area (Å²) in [6, 6.07) is 16.9. The highest BCUT2D eigenvalue weighted by molar-refractivity contribution is 7.92. The fourth-order valence-electron chi connectivity index (χ4n) is 3.82. The van der Waals surface area contributed by atoms with Gasteiger partial charge in [0.05, 0.1) is 10.6 Å². The Morgan fingerprint density at radius 2 is 1.61 bits per heavy atom. The van der Waals surface area contributed by atoms with Crippen molar-refractivity contribution in [2.75, 3.05) is 10.8 Å². The molecule has 38 heavy (non-hydrogen) atoms. The number of nitrogens with zero attached hydrogens (tertiary/aromatic N) is 2. The second kappa shape index (κ2) is 12.4. The largest absolute Gasteiger partial charge is 0.352 e. The molecule has 0 heterocycles. The minimum atomic E-state index is -4.18. The zero-order valence-electron chi connectivity index (χ0n) is 21.7. The number of benzene rings is 3. The maximum Gasteiger partial charge on any atom is 0.264 e. The SMILES string of the molecule is Cc1cccc(N(CC(=O)N(Cc2ccc(F)cc2)[C@H](C)C(=O)NC(C)C)S(=O)(=O)c2ccc(Cl)cc2)c1. The molecule has 0 aliphatic carbocycles. The van der Waals surface area contributed by atoms with E-state index in [1.807, 2.05) is 13.0 Å². The number of carbonyl (C=O) groups is 2. The Hall–Kier alpha value is -3.43. The zero-order chi connectivity index (χ0) is 28.0. The van der Waals surface area contributed by atoms with Crippen molar-refractivity contribution in [3.8, 4) is 0 Å². The van der Waals surface area contributed by atoms with Gasteiger partial charge in [0, 0.05) is 17.6 Å². The molecule has 0 aromatic heterocycles. The Morgan fingerprint density at radius 3 is 2.18 bits per heavy atom. The molecule has 3 aromatic rings. The van der Waals surface area contributed by atoms with E-state index in [2.05, 4.69) is 5.32 Å². The summed E-state index contributed by atoms with van der Waals surface area (Å²) in [5, 5.41) is 3.16. The van der Waals surface area contributed by atoms with E-state index in [4.69, 9.17) is 11.6 Å². The summed E-state index contributed by atoms with van der Waals surface area (Å²) in [4.78, 5) is 27.9. The van der Waals surface area contributed by atoms with E-state index in [9.17, 15) is 22.4 Å². The van der Waals surface area contributed by atoms with Crippen LogP contribution in [0.5, 0.6) is 0 Å². The standard InChI is InChI=1S/C28H31ClFN3O4S/c1-19(2)31-28(35)21(4)32(17-22-8-12-24(30)13-9-22)27(34)18-33(25-7-5-6-20(3)16-25)38(36,37)26-14-10-23(29)11-15-26/h5-16,19,21H,17-18H2,1-4H3,(H,31,35)/t21-/m1/s1. The number of halogens is 2. The lowest BCUT2D eigenvalue weighted by Crippen LogP contribution is -2.52. The zero-order valence-corrected chi connectivity index (χ0v) is 23.3. The van der Waals surface area contributed by atoms with Gasteiger partial charge in [0.15, 0.2) is 0 Å². The second-order valence-electron chi connectivity index (χ2n) is 9.29. The molecule has 10 heteroatoms. The van der Waals surface area contributed by atoms with E-state index in [-0.39, 0.29) is 17.5 Å². The van der Waals surface area contributed by atoms with E-state index in [0.29, 0.717) is 16.3 Å². The van der Waals surface area contributed by atoms with Gasteiger partial charge in [-0.15, -0.1) is 0 Å². The fourth-order valence-corrected chi connectivity index (χ4v) is 5.35. The van der Waals surface area contributed by atoms with Crippen LogP contribution in [0.2, 0.25) is 5.02 Å². The van der Waals surface area contributed by atoms with Gasteiger partial charge >= 0.3 is 0 Å². The third-order valence-electron chi connectivity index (χ3n) is 5.83. The predicted molar refractivity (Wildman–Crippen MR) is 147 cm³/mol. The molecule has 0 bridgehead atoms. The Morgan fingerprint density at radius 1 is 0.974 bits per heavy atom. The first kappa shape index (κ1) is 29.1. The van der Waals surface area contributed by atoms with Gasteiger partial charge in [-0.25, -0.2) is 12.8 Å². The van der Waals surface area contributed by atoms with Crippen molar-refractivity contribution >= 4 is 39.1 Å². The van der Waals surface area contributed by atoms with Crippen LogP contribution in [0, 0.1) is 12.7 Å². The van der Waals surface area contributed by atoms with Crippen LogP contribution in [0.25, 0.3) is 0 Å². The molecule has 3 rings (SSSR count). The summed E-state index contributed by atoms with van der Waals surface area (Å²) >= 11 is 5.96.